The standard InChI is InChI=1S/C21H19Cl2FN4O3/c1-12(14-3-5-15(22)6-4-14)28-18(30)9-27(19-17(24)7-16(23)8-25-19)20(31)21(28)10-26(11-21)13(2)29/h3-8,12H,9-11H2,1-2H3. The van der Waals surface area contributed by atoms with Gasteiger partial charge in [0.25, 0.3) is 5.91 Å². The van der Waals surface area contributed by atoms with E-state index in [4.69, 9.17) is 23.2 Å². The van der Waals surface area contributed by atoms with E-state index in [2.05, 4.69) is 4.98 Å². The first-order valence-electron chi connectivity index (χ1n) is 9.60. The van der Waals surface area contributed by atoms with E-state index in [1.807, 2.05) is 6.92 Å². The number of hydrogen-bond acceptors (Lipinski definition) is 4. The minimum Gasteiger partial charge on any atom is -0.337 e. The predicted octanol–water partition coefficient (Wildman–Crippen LogP) is 3.06. The molecule has 0 bridgehead atoms. The molecule has 1 aromatic carbocycles. The summed E-state index contributed by atoms with van der Waals surface area (Å²) in [6, 6.07) is 7.56. The van der Waals surface area contributed by atoms with Crippen LogP contribution in [0.5, 0.6) is 0 Å². The lowest BCUT2D eigenvalue weighted by atomic mass is 9.81. The molecular weight excluding hydrogens is 446 g/mol. The fourth-order valence-corrected chi connectivity index (χ4v) is 4.50. The van der Waals surface area contributed by atoms with Crippen molar-refractivity contribution in [1.82, 2.24) is 14.8 Å². The highest BCUT2D eigenvalue weighted by Gasteiger charge is 2.62. The van der Waals surface area contributed by atoms with Crippen molar-refractivity contribution in [2.45, 2.75) is 25.4 Å². The minimum atomic E-state index is -1.31. The van der Waals surface area contributed by atoms with Gasteiger partial charge in [-0.2, -0.15) is 0 Å². The van der Waals surface area contributed by atoms with E-state index in [-0.39, 0.29) is 42.3 Å². The highest BCUT2D eigenvalue weighted by atomic mass is 35.5. The Labute approximate surface area is 188 Å². The molecule has 0 N–H and O–H groups in total. The molecule has 2 saturated heterocycles. The second kappa shape index (κ2) is 7.76. The zero-order chi connectivity index (χ0) is 22.5. The summed E-state index contributed by atoms with van der Waals surface area (Å²) < 4.78 is 14.5. The molecule has 2 aliphatic rings. The van der Waals surface area contributed by atoms with Crippen LogP contribution < -0.4 is 4.90 Å². The summed E-state index contributed by atoms with van der Waals surface area (Å²) in [5, 5.41) is 0.629. The lowest BCUT2D eigenvalue weighted by Crippen LogP contribution is -2.81. The number of piperazine rings is 1. The Morgan fingerprint density at radius 3 is 2.39 bits per heavy atom. The number of aromatic nitrogens is 1. The molecule has 1 atom stereocenters. The molecule has 3 heterocycles. The molecule has 7 nitrogen and oxygen atoms in total. The van der Waals surface area contributed by atoms with E-state index in [1.165, 1.54) is 22.9 Å². The number of benzene rings is 1. The normalized spacial score (nSPS) is 18.9. The Hall–Kier alpha value is -2.71. The van der Waals surface area contributed by atoms with Gasteiger partial charge in [0.05, 0.1) is 24.2 Å². The molecule has 1 spiro atoms. The third-order valence-electron chi connectivity index (χ3n) is 5.80. The van der Waals surface area contributed by atoms with Gasteiger partial charge in [0.1, 0.15) is 6.54 Å². The monoisotopic (exact) mass is 464 g/mol. The van der Waals surface area contributed by atoms with E-state index in [0.717, 1.165) is 16.5 Å². The Morgan fingerprint density at radius 1 is 1.16 bits per heavy atom. The number of pyridine rings is 1. The summed E-state index contributed by atoms with van der Waals surface area (Å²) >= 11 is 11.8. The maximum atomic E-state index is 14.5. The number of carbonyl (C=O) groups is 3. The van der Waals surface area contributed by atoms with Crippen LogP contribution in [-0.4, -0.2) is 57.7 Å². The summed E-state index contributed by atoms with van der Waals surface area (Å²) in [5.74, 6) is -2.13. The lowest BCUT2D eigenvalue weighted by Gasteiger charge is -2.59. The molecule has 4 rings (SSSR count). The molecule has 0 radical (unpaired) electrons. The van der Waals surface area contributed by atoms with Crippen LogP contribution in [0.3, 0.4) is 0 Å². The predicted molar refractivity (Wildman–Crippen MR) is 113 cm³/mol. The number of amides is 3. The average molecular weight is 465 g/mol. The smallest absolute Gasteiger partial charge is 0.258 e. The van der Waals surface area contributed by atoms with Gasteiger partial charge in [0, 0.05) is 18.1 Å². The molecule has 31 heavy (non-hydrogen) atoms. The average Bonchev–Trinajstić information content (AvgIpc) is 2.67. The number of anilines is 1. The van der Waals surface area contributed by atoms with Crippen LogP contribution >= 0.6 is 23.2 Å². The van der Waals surface area contributed by atoms with Crippen LogP contribution in [0.25, 0.3) is 0 Å². The Kier molecular flexibility index (Phi) is 5.39. The topological polar surface area (TPSA) is 73.8 Å². The quantitative estimate of drug-likeness (QED) is 0.699. The molecule has 2 aromatic rings. The summed E-state index contributed by atoms with van der Waals surface area (Å²) in [6.07, 6.45) is 1.22. The van der Waals surface area contributed by atoms with Gasteiger partial charge in [-0.25, -0.2) is 9.37 Å². The SMILES string of the molecule is CC(=O)N1CC2(C1)C(=O)N(c1ncc(Cl)cc1F)CC(=O)N2C(C)c1ccc(Cl)cc1. The highest BCUT2D eigenvalue weighted by molar-refractivity contribution is 6.30. The number of halogens is 3. The van der Waals surface area contributed by atoms with Crippen molar-refractivity contribution in [1.29, 1.82) is 0 Å². The maximum absolute atomic E-state index is 14.5. The van der Waals surface area contributed by atoms with Crippen molar-refractivity contribution in [3.05, 3.63) is 58.0 Å². The van der Waals surface area contributed by atoms with Crippen molar-refractivity contribution in [2.24, 2.45) is 0 Å². The summed E-state index contributed by atoms with van der Waals surface area (Å²) in [7, 11) is 0. The van der Waals surface area contributed by atoms with Crippen molar-refractivity contribution >= 4 is 46.7 Å². The van der Waals surface area contributed by atoms with Gasteiger partial charge in [-0.05, 0) is 30.7 Å². The van der Waals surface area contributed by atoms with E-state index in [1.54, 1.807) is 24.3 Å². The summed E-state index contributed by atoms with van der Waals surface area (Å²) in [4.78, 5) is 46.7. The second-order valence-electron chi connectivity index (χ2n) is 7.75. The zero-order valence-corrected chi connectivity index (χ0v) is 18.3. The molecular formula is C21H19Cl2FN4O3. The molecule has 1 unspecified atom stereocenters. The zero-order valence-electron chi connectivity index (χ0n) is 16.8. The van der Waals surface area contributed by atoms with E-state index >= 15 is 0 Å². The third-order valence-corrected chi connectivity index (χ3v) is 6.26. The number of hydrogen-bond donors (Lipinski definition) is 0. The molecule has 2 fully saturated rings. The van der Waals surface area contributed by atoms with Gasteiger partial charge >= 0.3 is 0 Å². The van der Waals surface area contributed by atoms with Gasteiger partial charge in [-0.3, -0.25) is 19.3 Å². The second-order valence-corrected chi connectivity index (χ2v) is 8.62. The number of nitrogens with zero attached hydrogens (tertiary/aromatic N) is 4. The van der Waals surface area contributed by atoms with Crippen LogP contribution in [-0.2, 0) is 14.4 Å². The highest BCUT2D eigenvalue weighted by Crippen LogP contribution is 2.41. The van der Waals surface area contributed by atoms with Crippen LogP contribution in [0, 0.1) is 5.82 Å². The van der Waals surface area contributed by atoms with E-state index < -0.39 is 23.3 Å². The first-order chi connectivity index (χ1) is 14.6. The minimum absolute atomic E-state index is 0.0244. The maximum Gasteiger partial charge on any atom is 0.258 e. The fourth-order valence-electron chi connectivity index (χ4n) is 4.23. The Bertz CT molecular complexity index is 1070. The van der Waals surface area contributed by atoms with Gasteiger partial charge in [0.2, 0.25) is 11.8 Å². The lowest BCUT2D eigenvalue weighted by molar-refractivity contribution is -0.172. The number of likely N-dealkylation sites (tertiary alicyclic amines) is 1. The van der Waals surface area contributed by atoms with Crippen LogP contribution in [0.2, 0.25) is 10.0 Å². The number of carbonyl (C=O) groups excluding carboxylic acids is 3. The third kappa shape index (κ3) is 3.53. The largest absolute Gasteiger partial charge is 0.337 e. The van der Waals surface area contributed by atoms with Gasteiger partial charge < -0.3 is 9.80 Å². The number of rotatable bonds is 3. The summed E-state index contributed by atoms with van der Waals surface area (Å²) in [5.41, 5.74) is -0.524. The Balaban J connectivity index is 1.75. The van der Waals surface area contributed by atoms with Gasteiger partial charge in [-0.1, -0.05) is 35.3 Å². The molecule has 162 valence electrons. The summed E-state index contributed by atoms with van der Waals surface area (Å²) in [6.45, 7) is 2.88. The molecule has 2 aliphatic heterocycles. The van der Waals surface area contributed by atoms with Gasteiger partial charge in [-0.15, -0.1) is 0 Å². The molecule has 1 aromatic heterocycles. The first-order valence-corrected chi connectivity index (χ1v) is 10.4. The van der Waals surface area contributed by atoms with E-state index in [9.17, 15) is 18.8 Å². The van der Waals surface area contributed by atoms with Crippen LogP contribution in [0.15, 0.2) is 36.5 Å². The first kappa shape index (κ1) is 21.5. The molecule has 3 amide bonds. The van der Waals surface area contributed by atoms with Gasteiger partial charge in [0.15, 0.2) is 17.2 Å². The van der Waals surface area contributed by atoms with Crippen molar-refractivity contribution in [3.8, 4) is 0 Å². The molecule has 0 aliphatic carbocycles. The van der Waals surface area contributed by atoms with Crippen molar-refractivity contribution in [2.75, 3.05) is 24.5 Å². The van der Waals surface area contributed by atoms with Crippen LogP contribution in [0.4, 0.5) is 10.2 Å². The Morgan fingerprint density at radius 2 is 1.81 bits per heavy atom. The fraction of sp³-hybridized carbons (Fsp3) is 0.333. The van der Waals surface area contributed by atoms with E-state index in [0.29, 0.717) is 5.02 Å². The van der Waals surface area contributed by atoms with Crippen molar-refractivity contribution < 1.29 is 18.8 Å². The molecule has 0 saturated carbocycles. The van der Waals surface area contributed by atoms with Crippen LogP contribution in [0.1, 0.15) is 25.5 Å². The van der Waals surface area contributed by atoms with Crippen molar-refractivity contribution in [3.63, 3.8) is 0 Å². The molecule has 10 heteroatoms.